The Morgan fingerprint density at radius 3 is 0.889 bits per heavy atom. The lowest BCUT2D eigenvalue weighted by molar-refractivity contribution is 0.0768. The number of rotatable bonds is 42. The molecule has 0 fully saturated rings. The Kier molecular flexibility index (Phi) is 81.6. The molecule has 12 heteroatoms. The van der Waals surface area contributed by atoms with Crippen LogP contribution in [0.1, 0.15) is 205 Å². The highest BCUT2D eigenvalue weighted by Gasteiger charge is 2.01. The molecule has 0 radical (unpaired) electrons. The molecule has 0 amide bonds. The smallest absolute Gasteiger partial charge is 0.0560 e. The van der Waals surface area contributed by atoms with Crippen molar-refractivity contribution in [2.24, 2.45) is 35.5 Å². The average molecular weight is 1140 g/mol. The number of unbranched alkanes of at least 4 members (excludes halogenated alkanes) is 1. The molecule has 0 aliphatic rings. The van der Waals surface area contributed by atoms with Crippen LogP contribution in [0.4, 0.5) is 0 Å². The van der Waals surface area contributed by atoms with Gasteiger partial charge in [-0.15, -0.1) is 0 Å². The van der Waals surface area contributed by atoms with Crippen LogP contribution in [0, 0.1) is 35.5 Å². The van der Waals surface area contributed by atoms with Crippen molar-refractivity contribution >= 4 is 70.6 Å². The molecule has 0 rings (SSSR count). The molecule has 0 saturated heterocycles. The van der Waals surface area contributed by atoms with E-state index in [0.29, 0.717) is 36.1 Å². The molecule has 0 spiro atoms. The molecular weight excluding hydrogens is 1010 g/mol. The Hall–Kier alpha value is 1.86. The molecule has 0 saturated carbocycles. The summed E-state index contributed by atoms with van der Waals surface area (Å²) in [4.78, 5) is 0. The molecule has 0 bridgehead atoms. The first-order valence-electron chi connectivity index (χ1n) is 28.9. The van der Waals surface area contributed by atoms with Crippen LogP contribution >= 0.6 is 70.6 Å². The molecule has 0 unspecified atom stereocenters. The normalized spacial score (nSPS) is 11.5. The molecule has 0 atom stereocenters. The van der Waals surface area contributed by atoms with Crippen molar-refractivity contribution < 1.29 is 28.4 Å². The minimum Gasteiger partial charge on any atom is -0.381 e. The van der Waals surface area contributed by atoms with Gasteiger partial charge in [0.15, 0.2) is 0 Å². The van der Waals surface area contributed by atoms with Gasteiger partial charge in [-0.3, -0.25) is 0 Å². The second-order valence-electron chi connectivity index (χ2n) is 22.4. The number of ether oxygens (including phenoxy) is 6. The van der Waals surface area contributed by atoms with E-state index in [1.807, 2.05) is 70.6 Å². The molecular formula is C60H132O6S6. The Morgan fingerprint density at radius 1 is 0.264 bits per heavy atom. The van der Waals surface area contributed by atoms with Crippen LogP contribution in [0.5, 0.6) is 0 Å². The third-order valence-corrected chi connectivity index (χ3v) is 15.3. The van der Waals surface area contributed by atoms with Gasteiger partial charge in [-0.05, 0) is 166 Å². The highest BCUT2D eigenvalue weighted by molar-refractivity contribution is 8.00. The van der Waals surface area contributed by atoms with E-state index in [9.17, 15) is 0 Å². The van der Waals surface area contributed by atoms with Gasteiger partial charge in [0, 0.05) is 56.9 Å². The van der Waals surface area contributed by atoms with Gasteiger partial charge in [0.25, 0.3) is 0 Å². The molecule has 444 valence electrons. The lowest BCUT2D eigenvalue weighted by atomic mass is 10.2. The monoisotopic (exact) mass is 1140 g/mol. The van der Waals surface area contributed by atoms with Crippen molar-refractivity contribution in [1.29, 1.82) is 0 Å². The molecule has 0 aliphatic heterocycles. The van der Waals surface area contributed by atoms with Crippen molar-refractivity contribution in [3.05, 3.63) is 0 Å². The number of thioether (sulfide) groups is 6. The molecule has 0 N–H and O–H groups in total. The van der Waals surface area contributed by atoms with Crippen LogP contribution in [-0.2, 0) is 28.4 Å². The molecule has 0 aromatic rings. The van der Waals surface area contributed by atoms with Gasteiger partial charge in [0.05, 0.1) is 38.1 Å². The summed E-state index contributed by atoms with van der Waals surface area (Å²) in [6, 6.07) is 0. The van der Waals surface area contributed by atoms with E-state index >= 15 is 0 Å². The van der Waals surface area contributed by atoms with Gasteiger partial charge in [0.1, 0.15) is 0 Å². The van der Waals surface area contributed by atoms with E-state index in [1.165, 1.54) is 73.0 Å². The highest BCUT2D eigenvalue weighted by Crippen LogP contribution is 2.14. The summed E-state index contributed by atoms with van der Waals surface area (Å²) in [5.41, 5.74) is 0. The first-order valence-corrected chi connectivity index (χ1v) is 35.5. The summed E-state index contributed by atoms with van der Waals surface area (Å²) in [6.07, 6.45) is 8.69. The Labute approximate surface area is 481 Å². The van der Waals surface area contributed by atoms with Crippen LogP contribution in [0.25, 0.3) is 0 Å². The topological polar surface area (TPSA) is 55.4 Å². The number of hydrogen-bond acceptors (Lipinski definition) is 12. The van der Waals surface area contributed by atoms with Crippen LogP contribution < -0.4 is 0 Å². The molecule has 72 heavy (non-hydrogen) atoms. The predicted molar refractivity (Wildman–Crippen MR) is 347 cm³/mol. The van der Waals surface area contributed by atoms with E-state index < -0.39 is 0 Å². The van der Waals surface area contributed by atoms with Crippen LogP contribution in [0.2, 0.25) is 0 Å². The highest BCUT2D eigenvalue weighted by atomic mass is 32.2. The van der Waals surface area contributed by atoms with E-state index in [-0.39, 0.29) is 0 Å². The second-order valence-corrected chi connectivity index (χ2v) is 31.0. The zero-order valence-electron chi connectivity index (χ0n) is 52.8. The molecule has 0 heterocycles. The van der Waals surface area contributed by atoms with Gasteiger partial charge in [-0.1, -0.05) is 125 Å². The Bertz CT molecular complexity index is 665. The second kappa shape index (κ2) is 69.0. The minimum absolute atomic E-state index is 0.385. The van der Waals surface area contributed by atoms with Gasteiger partial charge < -0.3 is 28.4 Å². The van der Waals surface area contributed by atoms with Gasteiger partial charge in [-0.2, -0.15) is 70.6 Å². The summed E-state index contributed by atoms with van der Waals surface area (Å²) in [7, 11) is 0. The van der Waals surface area contributed by atoms with E-state index in [1.54, 1.807) is 0 Å². The first kappa shape index (κ1) is 85.1. The zero-order valence-corrected chi connectivity index (χ0v) is 57.7. The summed E-state index contributed by atoms with van der Waals surface area (Å²) in [5.74, 6) is 15.5. The SMILES string of the molecule is CC(C)CCSCCOC(C)C.CC(C)CCSCCOC(C)C.CC(C)COCCCSC(C)C.CC(C)COCCCSC(C)C.CC(C)COCCSCC(C)C.CC(C)OCCCCSC(C)C. The fourth-order valence-electron chi connectivity index (χ4n) is 4.72. The Morgan fingerprint density at radius 2 is 0.583 bits per heavy atom. The predicted octanol–water partition coefficient (Wildman–Crippen LogP) is 19.1. The average Bonchev–Trinajstić information content (AvgIpc) is 3.25. The van der Waals surface area contributed by atoms with Gasteiger partial charge in [0.2, 0.25) is 0 Å². The lowest BCUT2D eigenvalue weighted by Gasteiger charge is -2.07. The third kappa shape index (κ3) is 116. The van der Waals surface area contributed by atoms with Crippen LogP contribution in [0.3, 0.4) is 0 Å². The summed E-state index contributed by atoms with van der Waals surface area (Å²) in [6.45, 7) is 60.8. The zero-order chi connectivity index (χ0) is 56.4. The van der Waals surface area contributed by atoms with Crippen molar-refractivity contribution in [2.45, 2.75) is 239 Å². The minimum atomic E-state index is 0.385. The maximum absolute atomic E-state index is 5.46. The summed E-state index contributed by atoms with van der Waals surface area (Å²) >= 11 is 12.0. The maximum atomic E-state index is 5.46. The standard InChI is InChI=1S/6C10H22OS/c2*1-9(2)5-7-12-8-6-11-10(3)4;1-9(2)7-11-5-6-12-8-10(3)4;2*1-9(2)8-11-6-5-7-12-10(3)4;1-9(2)11-7-5-6-8-12-10(3)4/h6*9-10H,5-8H2,1-4H3. The van der Waals surface area contributed by atoms with Crippen LogP contribution in [-0.4, -0.2) is 145 Å². The fourth-order valence-corrected chi connectivity index (χ4v) is 10.1. The summed E-state index contributed by atoms with van der Waals surface area (Å²) in [5, 5.41) is 2.29. The van der Waals surface area contributed by atoms with E-state index in [2.05, 4.69) is 166 Å². The quantitative estimate of drug-likeness (QED) is 0.0547. The van der Waals surface area contributed by atoms with E-state index in [0.717, 1.165) is 110 Å². The van der Waals surface area contributed by atoms with Crippen molar-refractivity contribution in [3.63, 3.8) is 0 Å². The number of hydrogen-bond donors (Lipinski definition) is 0. The van der Waals surface area contributed by atoms with E-state index in [4.69, 9.17) is 28.4 Å². The largest absolute Gasteiger partial charge is 0.381 e. The molecule has 6 nitrogen and oxygen atoms in total. The lowest BCUT2D eigenvalue weighted by Crippen LogP contribution is -2.05. The van der Waals surface area contributed by atoms with Crippen molar-refractivity contribution in [1.82, 2.24) is 0 Å². The summed E-state index contributed by atoms with van der Waals surface area (Å²) < 4.78 is 32.7. The first-order chi connectivity index (χ1) is 33.8. The Balaban J connectivity index is -0.000000181. The van der Waals surface area contributed by atoms with Crippen molar-refractivity contribution in [3.8, 4) is 0 Å². The molecule has 0 aromatic carbocycles. The molecule has 0 aliphatic carbocycles. The van der Waals surface area contributed by atoms with Crippen molar-refractivity contribution in [2.75, 3.05) is 111 Å². The molecule has 0 aromatic heterocycles. The van der Waals surface area contributed by atoms with Crippen LogP contribution in [0.15, 0.2) is 0 Å². The fraction of sp³-hybridized carbons (Fsp3) is 1.00. The van der Waals surface area contributed by atoms with Gasteiger partial charge >= 0.3 is 0 Å². The third-order valence-electron chi connectivity index (χ3n) is 8.42. The maximum Gasteiger partial charge on any atom is 0.0560 e. The van der Waals surface area contributed by atoms with Gasteiger partial charge in [-0.25, -0.2) is 0 Å².